The highest BCUT2D eigenvalue weighted by atomic mass is 32.2. The Labute approximate surface area is 78.1 Å². The first-order chi connectivity index (χ1) is 5.93. The van der Waals surface area contributed by atoms with Crippen LogP contribution in [0.3, 0.4) is 0 Å². The molecule has 0 amide bonds. The van der Waals surface area contributed by atoms with Crippen LogP contribution in [0.1, 0.15) is 6.92 Å². The smallest absolute Gasteiger partial charge is 0.119 e. The minimum Gasteiger partial charge on any atom is -0.493 e. The highest BCUT2D eigenvalue weighted by Crippen LogP contribution is 2.09. The van der Waals surface area contributed by atoms with E-state index in [4.69, 9.17) is 4.74 Å². The van der Waals surface area contributed by atoms with Gasteiger partial charge in [-0.3, -0.25) is 0 Å². The molecule has 1 radical (unpaired) electrons. The molecular formula is C10H13OS. The summed E-state index contributed by atoms with van der Waals surface area (Å²) >= 11 is 1.78. The molecule has 12 heavy (non-hydrogen) atoms. The van der Waals surface area contributed by atoms with Crippen LogP contribution in [0.15, 0.2) is 30.3 Å². The Hall–Kier alpha value is -0.630. The molecule has 0 aliphatic carbocycles. The molecule has 0 N–H and O–H groups in total. The van der Waals surface area contributed by atoms with Crippen LogP contribution in [0.2, 0.25) is 0 Å². The Balaban J connectivity index is 2.16. The van der Waals surface area contributed by atoms with E-state index in [1.54, 1.807) is 11.8 Å². The molecule has 0 saturated heterocycles. The second-order valence-electron chi connectivity index (χ2n) is 2.27. The van der Waals surface area contributed by atoms with Crippen molar-refractivity contribution in [1.29, 1.82) is 0 Å². The van der Waals surface area contributed by atoms with Crippen molar-refractivity contribution < 1.29 is 4.74 Å². The van der Waals surface area contributed by atoms with Crippen LogP contribution in [0.4, 0.5) is 0 Å². The molecule has 65 valence electrons. The van der Waals surface area contributed by atoms with E-state index in [-0.39, 0.29) is 0 Å². The third-order valence-electron chi connectivity index (χ3n) is 1.38. The van der Waals surface area contributed by atoms with Gasteiger partial charge in [0.2, 0.25) is 0 Å². The van der Waals surface area contributed by atoms with Gasteiger partial charge in [0.15, 0.2) is 0 Å². The Morgan fingerprint density at radius 2 is 2.08 bits per heavy atom. The van der Waals surface area contributed by atoms with Crippen molar-refractivity contribution in [3.63, 3.8) is 0 Å². The van der Waals surface area contributed by atoms with E-state index < -0.39 is 0 Å². The first kappa shape index (κ1) is 9.46. The quantitative estimate of drug-likeness (QED) is 0.646. The number of benzene rings is 1. The first-order valence-corrected chi connectivity index (χ1v) is 5.05. The summed E-state index contributed by atoms with van der Waals surface area (Å²) in [6, 6.07) is 9.89. The van der Waals surface area contributed by atoms with E-state index in [9.17, 15) is 0 Å². The number of hydrogen-bond donors (Lipinski definition) is 0. The van der Waals surface area contributed by atoms with E-state index in [0.29, 0.717) is 0 Å². The monoisotopic (exact) mass is 181 g/mol. The summed E-state index contributed by atoms with van der Waals surface area (Å²) in [6.07, 6.45) is 0. The second kappa shape index (κ2) is 5.95. The predicted octanol–water partition coefficient (Wildman–Crippen LogP) is 2.98. The van der Waals surface area contributed by atoms with Crippen LogP contribution >= 0.6 is 11.8 Å². The minimum atomic E-state index is 0.777. The van der Waals surface area contributed by atoms with Crippen molar-refractivity contribution in [1.82, 2.24) is 0 Å². The molecule has 2 heteroatoms. The lowest BCUT2D eigenvalue weighted by atomic mass is 10.3. The van der Waals surface area contributed by atoms with Crippen molar-refractivity contribution in [3.8, 4) is 5.75 Å². The maximum atomic E-state index is 5.47. The van der Waals surface area contributed by atoms with Crippen LogP contribution in [0.25, 0.3) is 0 Å². The number of hydrogen-bond acceptors (Lipinski definition) is 2. The molecule has 0 bridgehead atoms. The van der Waals surface area contributed by atoms with Gasteiger partial charge in [0.25, 0.3) is 0 Å². The summed E-state index contributed by atoms with van der Waals surface area (Å²) in [7, 11) is 0. The van der Waals surface area contributed by atoms with Crippen molar-refractivity contribution in [2.75, 3.05) is 12.4 Å². The number of ether oxygens (including phenoxy) is 1. The van der Waals surface area contributed by atoms with Crippen molar-refractivity contribution in [2.24, 2.45) is 0 Å². The zero-order valence-corrected chi connectivity index (χ0v) is 8.01. The Kier molecular flexibility index (Phi) is 4.69. The molecule has 0 spiro atoms. The fourth-order valence-corrected chi connectivity index (χ4v) is 1.26. The summed E-state index contributed by atoms with van der Waals surface area (Å²) in [5.41, 5.74) is 0. The third-order valence-corrected chi connectivity index (χ3v) is 2.12. The van der Waals surface area contributed by atoms with Crippen LogP contribution < -0.4 is 4.74 Å². The molecule has 0 heterocycles. The van der Waals surface area contributed by atoms with Crippen molar-refractivity contribution >= 4 is 11.8 Å². The molecule has 0 aliphatic rings. The first-order valence-electron chi connectivity index (χ1n) is 4.01. The predicted molar refractivity (Wildman–Crippen MR) is 54.4 cm³/mol. The Morgan fingerprint density at radius 3 is 2.75 bits per heavy atom. The maximum absolute atomic E-state index is 5.47. The zero-order chi connectivity index (χ0) is 8.65. The van der Waals surface area contributed by atoms with E-state index >= 15 is 0 Å². The molecule has 0 fully saturated rings. The lowest BCUT2D eigenvalue weighted by Gasteiger charge is -2.03. The average Bonchev–Trinajstić information content (AvgIpc) is 2.14. The molecule has 0 aliphatic heterocycles. The van der Waals surface area contributed by atoms with Crippen LogP contribution in [-0.4, -0.2) is 12.4 Å². The summed E-state index contributed by atoms with van der Waals surface area (Å²) in [4.78, 5) is 0. The summed E-state index contributed by atoms with van der Waals surface area (Å²) in [6.45, 7) is 2.81. The molecule has 0 unspecified atom stereocenters. The Morgan fingerprint density at radius 1 is 1.33 bits per heavy atom. The molecular weight excluding hydrogens is 168 g/mol. The van der Waals surface area contributed by atoms with Crippen LogP contribution in [0, 0.1) is 5.75 Å². The second-order valence-corrected chi connectivity index (χ2v) is 3.48. The van der Waals surface area contributed by atoms with Crippen molar-refractivity contribution in [2.45, 2.75) is 6.92 Å². The van der Waals surface area contributed by atoms with Crippen LogP contribution in [-0.2, 0) is 0 Å². The molecule has 0 saturated carbocycles. The fraction of sp³-hybridized carbons (Fsp3) is 0.300. The van der Waals surface area contributed by atoms with E-state index in [2.05, 4.69) is 5.75 Å². The maximum Gasteiger partial charge on any atom is 0.119 e. The minimum absolute atomic E-state index is 0.777. The van der Waals surface area contributed by atoms with Gasteiger partial charge in [-0.15, -0.1) is 0 Å². The summed E-state index contributed by atoms with van der Waals surface area (Å²) in [5, 5.41) is 0. The van der Waals surface area contributed by atoms with Crippen LogP contribution in [0.5, 0.6) is 5.75 Å². The van der Waals surface area contributed by atoms with Gasteiger partial charge in [0.05, 0.1) is 6.61 Å². The van der Waals surface area contributed by atoms with E-state index in [0.717, 1.165) is 18.1 Å². The highest BCUT2D eigenvalue weighted by Gasteiger charge is 1.90. The van der Waals surface area contributed by atoms with Gasteiger partial charge >= 0.3 is 0 Å². The van der Waals surface area contributed by atoms with E-state index in [1.807, 2.05) is 37.3 Å². The SMILES string of the molecule is C[CH]SCCOc1ccccc1. The molecule has 1 rings (SSSR count). The number of thioether (sulfide) groups is 1. The average molecular weight is 181 g/mol. The summed E-state index contributed by atoms with van der Waals surface area (Å²) in [5.74, 6) is 4.05. The Bertz CT molecular complexity index is 198. The third kappa shape index (κ3) is 3.67. The molecule has 1 aromatic carbocycles. The molecule has 1 nitrogen and oxygen atoms in total. The lowest BCUT2D eigenvalue weighted by Crippen LogP contribution is -1.99. The van der Waals surface area contributed by atoms with Gasteiger partial charge < -0.3 is 4.74 Å². The van der Waals surface area contributed by atoms with Gasteiger partial charge in [0, 0.05) is 11.5 Å². The lowest BCUT2D eigenvalue weighted by molar-refractivity contribution is 0.344. The van der Waals surface area contributed by atoms with Gasteiger partial charge in [-0.2, -0.15) is 11.8 Å². The topological polar surface area (TPSA) is 9.23 Å². The van der Waals surface area contributed by atoms with Gasteiger partial charge in [-0.25, -0.2) is 0 Å². The van der Waals surface area contributed by atoms with Gasteiger partial charge in [-0.1, -0.05) is 25.1 Å². The largest absolute Gasteiger partial charge is 0.493 e. The molecule has 1 aromatic rings. The normalized spacial score (nSPS) is 9.75. The molecule has 0 aromatic heterocycles. The van der Waals surface area contributed by atoms with Crippen molar-refractivity contribution in [3.05, 3.63) is 36.1 Å². The van der Waals surface area contributed by atoms with Gasteiger partial charge in [-0.05, 0) is 12.1 Å². The van der Waals surface area contributed by atoms with E-state index in [1.165, 1.54) is 0 Å². The highest BCUT2D eigenvalue weighted by molar-refractivity contribution is 8.01. The number of rotatable bonds is 5. The summed E-state index contributed by atoms with van der Waals surface area (Å²) < 4.78 is 5.47. The van der Waals surface area contributed by atoms with Gasteiger partial charge in [0.1, 0.15) is 5.75 Å². The standard InChI is InChI=1S/C10H13OS/c1-2-12-9-8-11-10-6-4-3-5-7-10/h2-7H,8-9H2,1H3. The number of para-hydroxylation sites is 1. The molecule has 0 atom stereocenters. The fourth-order valence-electron chi connectivity index (χ4n) is 0.842. The zero-order valence-electron chi connectivity index (χ0n) is 7.19.